The van der Waals surface area contributed by atoms with Gasteiger partial charge in [-0.25, -0.2) is 14.2 Å². The molecule has 1 heterocycles. The van der Waals surface area contributed by atoms with Gasteiger partial charge in [-0.2, -0.15) is 0 Å². The molecule has 0 radical (unpaired) electrons. The van der Waals surface area contributed by atoms with Gasteiger partial charge in [0.05, 0.1) is 3.57 Å². The number of nitrogens with zero attached hydrogens (tertiary/aromatic N) is 1. The molecule has 1 rings (SSSR count). The summed E-state index contributed by atoms with van der Waals surface area (Å²) in [6.45, 7) is 0. The van der Waals surface area contributed by atoms with E-state index in [1.165, 1.54) is 0 Å². The number of aromatic carboxylic acids is 1. The van der Waals surface area contributed by atoms with Crippen LogP contribution in [0.2, 0.25) is 0 Å². The fourth-order valence-corrected chi connectivity index (χ4v) is 1.46. The van der Waals surface area contributed by atoms with E-state index in [1.54, 1.807) is 7.05 Å². The van der Waals surface area contributed by atoms with Crippen molar-refractivity contribution in [3.05, 3.63) is 21.1 Å². The second-order valence-electron chi connectivity index (χ2n) is 2.20. The van der Waals surface area contributed by atoms with E-state index in [0.29, 0.717) is 9.39 Å². The second kappa shape index (κ2) is 3.86. The average molecular weight is 296 g/mol. The first kappa shape index (κ1) is 10.2. The molecule has 13 heavy (non-hydrogen) atoms. The summed E-state index contributed by atoms with van der Waals surface area (Å²) in [4.78, 5) is 14.1. The number of hydrogen-bond acceptors (Lipinski definition) is 3. The number of anilines is 1. The number of carbonyl (C=O) groups is 1. The lowest BCUT2D eigenvalue weighted by atomic mass is 10.3. The molecule has 0 aromatic carbocycles. The average Bonchev–Trinajstić information content (AvgIpc) is 2.03. The number of aromatic nitrogens is 1. The minimum atomic E-state index is -1.37. The van der Waals surface area contributed by atoms with Crippen LogP contribution in [0.5, 0.6) is 0 Å². The Hall–Kier alpha value is -0.920. The molecule has 4 nitrogen and oxygen atoms in total. The molecule has 1 aromatic heterocycles. The molecule has 1 aromatic rings. The summed E-state index contributed by atoms with van der Waals surface area (Å²) in [5.74, 6) is -1.83. The van der Waals surface area contributed by atoms with E-state index in [9.17, 15) is 9.18 Å². The summed E-state index contributed by atoms with van der Waals surface area (Å²) in [5.41, 5.74) is -0.565. The Balaban J connectivity index is 3.30. The first-order chi connectivity index (χ1) is 6.06. The topological polar surface area (TPSA) is 62.2 Å². The molecule has 0 aliphatic carbocycles. The van der Waals surface area contributed by atoms with E-state index in [0.717, 1.165) is 6.07 Å². The Bertz CT molecular complexity index is 357. The van der Waals surface area contributed by atoms with Gasteiger partial charge in [-0.05, 0) is 28.7 Å². The third-order valence-electron chi connectivity index (χ3n) is 1.37. The standard InChI is InChI=1S/C7H6FIN2O2/c1-10-6-4(9)2-3(8)5(11-6)7(12)13/h2H,1H3,(H,10,11)(H,12,13). The Morgan fingerprint density at radius 2 is 2.38 bits per heavy atom. The Kier molecular flexibility index (Phi) is 3.02. The molecule has 0 atom stereocenters. The number of hydrogen-bond donors (Lipinski definition) is 2. The number of rotatable bonds is 2. The van der Waals surface area contributed by atoms with Crippen molar-refractivity contribution in [2.45, 2.75) is 0 Å². The minimum Gasteiger partial charge on any atom is -0.476 e. The van der Waals surface area contributed by atoms with Crippen LogP contribution in [0.1, 0.15) is 10.5 Å². The van der Waals surface area contributed by atoms with Gasteiger partial charge in [-0.1, -0.05) is 0 Å². The van der Waals surface area contributed by atoms with Crippen LogP contribution >= 0.6 is 22.6 Å². The van der Waals surface area contributed by atoms with E-state index in [1.807, 2.05) is 22.6 Å². The van der Waals surface area contributed by atoms with Crippen molar-refractivity contribution >= 4 is 34.4 Å². The summed E-state index contributed by atoms with van der Waals surface area (Å²) >= 11 is 1.87. The fourth-order valence-electron chi connectivity index (χ4n) is 0.792. The van der Waals surface area contributed by atoms with Gasteiger partial charge in [-0.3, -0.25) is 0 Å². The molecule has 0 saturated carbocycles. The molecular weight excluding hydrogens is 290 g/mol. The maximum absolute atomic E-state index is 12.9. The molecule has 0 bridgehead atoms. The van der Waals surface area contributed by atoms with Crippen molar-refractivity contribution in [1.29, 1.82) is 0 Å². The largest absolute Gasteiger partial charge is 0.476 e. The van der Waals surface area contributed by atoms with Crippen molar-refractivity contribution in [2.75, 3.05) is 12.4 Å². The Morgan fingerprint density at radius 3 is 2.85 bits per heavy atom. The molecule has 0 saturated heterocycles. The number of nitrogens with one attached hydrogen (secondary N) is 1. The molecule has 0 fully saturated rings. The van der Waals surface area contributed by atoms with E-state index >= 15 is 0 Å². The smallest absolute Gasteiger partial charge is 0.357 e. The summed E-state index contributed by atoms with van der Waals surface area (Å²) in [7, 11) is 1.59. The van der Waals surface area contributed by atoms with Gasteiger partial charge in [0.1, 0.15) is 5.82 Å². The number of pyridine rings is 1. The lowest BCUT2D eigenvalue weighted by Gasteiger charge is -2.04. The highest BCUT2D eigenvalue weighted by molar-refractivity contribution is 14.1. The maximum Gasteiger partial charge on any atom is 0.357 e. The van der Waals surface area contributed by atoms with Gasteiger partial charge >= 0.3 is 5.97 Å². The van der Waals surface area contributed by atoms with E-state index in [4.69, 9.17) is 5.11 Å². The molecule has 0 aliphatic rings. The van der Waals surface area contributed by atoms with Gasteiger partial charge < -0.3 is 10.4 Å². The third-order valence-corrected chi connectivity index (χ3v) is 2.19. The molecule has 2 N–H and O–H groups in total. The zero-order valence-corrected chi connectivity index (χ0v) is 8.79. The van der Waals surface area contributed by atoms with Gasteiger partial charge in [0, 0.05) is 7.05 Å². The predicted molar refractivity (Wildman–Crippen MR) is 53.4 cm³/mol. The van der Waals surface area contributed by atoms with Gasteiger partial charge in [0.25, 0.3) is 0 Å². The fraction of sp³-hybridized carbons (Fsp3) is 0.143. The summed E-state index contributed by atoms with van der Waals surface area (Å²) in [6, 6.07) is 1.13. The highest BCUT2D eigenvalue weighted by atomic mass is 127. The van der Waals surface area contributed by atoms with Crippen LogP contribution in [0.25, 0.3) is 0 Å². The normalized spacial score (nSPS) is 9.77. The summed E-state index contributed by atoms with van der Waals surface area (Å²) < 4.78 is 13.5. The van der Waals surface area contributed by atoms with Crippen LogP contribution in [0, 0.1) is 9.39 Å². The first-order valence-electron chi connectivity index (χ1n) is 3.33. The maximum atomic E-state index is 12.9. The SMILES string of the molecule is CNc1nc(C(=O)O)c(F)cc1I. The van der Waals surface area contributed by atoms with E-state index in [2.05, 4.69) is 10.3 Å². The summed E-state index contributed by atoms with van der Waals surface area (Å²) in [6.07, 6.45) is 0. The monoisotopic (exact) mass is 296 g/mol. The summed E-state index contributed by atoms with van der Waals surface area (Å²) in [5, 5.41) is 11.2. The number of halogens is 2. The van der Waals surface area contributed by atoms with Gasteiger partial charge in [-0.15, -0.1) is 0 Å². The van der Waals surface area contributed by atoms with E-state index < -0.39 is 17.5 Å². The molecule has 0 spiro atoms. The third kappa shape index (κ3) is 2.06. The van der Waals surface area contributed by atoms with Crippen molar-refractivity contribution in [2.24, 2.45) is 0 Å². The van der Waals surface area contributed by atoms with Crippen molar-refractivity contribution < 1.29 is 14.3 Å². The van der Waals surface area contributed by atoms with Crippen molar-refractivity contribution in [1.82, 2.24) is 4.98 Å². The highest BCUT2D eigenvalue weighted by Gasteiger charge is 2.14. The minimum absolute atomic E-state index is 0.361. The van der Waals surface area contributed by atoms with Crippen LogP contribution in [0.4, 0.5) is 10.2 Å². The number of carboxylic acid groups (broad SMARTS) is 1. The quantitative estimate of drug-likeness (QED) is 0.813. The first-order valence-corrected chi connectivity index (χ1v) is 4.41. The van der Waals surface area contributed by atoms with Crippen LogP contribution < -0.4 is 5.32 Å². The number of carboxylic acids is 1. The zero-order valence-electron chi connectivity index (χ0n) is 6.64. The van der Waals surface area contributed by atoms with Gasteiger partial charge in [0.15, 0.2) is 11.5 Å². The molecule has 6 heteroatoms. The molecular formula is C7H6FIN2O2. The molecule has 0 aliphatic heterocycles. The molecule has 0 unspecified atom stereocenters. The van der Waals surface area contributed by atoms with Crippen molar-refractivity contribution in [3.8, 4) is 0 Å². The molecule has 0 amide bonds. The second-order valence-corrected chi connectivity index (χ2v) is 3.37. The zero-order chi connectivity index (χ0) is 10.0. The van der Waals surface area contributed by atoms with Gasteiger partial charge in [0.2, 0.25) is 0 Å². The van der Waals surface area contributed by atoms with E-state index in [-0.39, 0.29) is 0 Å². The van der Waals surface area contributed by atoms with Crippen LogP contribution in [0.3, 0.4) is 0 Å². The van der Waals surface area contributed by atoms with Crippen LogP contribution in [-0.2, 0) is 0 Å². The highest BCUT2D eigenvalue weighted by Crippen LogP contribution is 2.18. The molecule has 70 valence electrons. The van der Waals surface area contributed by atoms with Crippen molar-refractivity contribution in [3.63, 3.8) is 0 Å². The predicted octanol–water partition coefficient (Wildman–Crippen LogP) is 1.57. The lowest BCUT2D eigenvalue weighted by Crippen LogP contribution is -2.08. The lowest BCUT2D eigenvalue weighted by molar-refractivity contribution is 0.0685. The Labute approximate surface area is 87.3 Å². The Morgan fingerprint density at radius 1 is 1.77 bits per heavy atom. The van der Waals surface area contributed by atoms with Crippen LogP contribution in [0.15, 0.2) is 6.07 Å². The van der Waals surface area contributed by atoms with Crippen LogP contribution in [-0.4, -0.2) is 23.1 Å².